The van der Waals surface area contributed by atoms with Gasteiger partial charge in [-0.25, -0.2) is 9.78 Å². The van der Waals surface area contributed by atoms with Crippen LogP contribution in [0.25, 0.3) is 0 Å². The van der Waals surface area contributed by atoms with Crippen LogP contribution >= 0.6 is 11.8 Å². The number of carbonyl (C=O) groups excluding carboxylic acids is 2. The summed E-state index contributed by atoms with van der Waals surface area (Å²) in [7, 11) is 4.79. The van der Waals surface area contributed by atoms with Gasteiger partial charge in [-0.1, -0.05) is 42.1 Å². The molecule has 0 spiro atoms. The molecule has 0 aliphatic heterocycles. The van der Waals surface area contributed by atoms with E-state index in [4.69, 9.17) is 4.74 Å². The molecule has 6 nitrogen and oxygen atoms in total. The second-order valence-electron chi connectivity index (χ2n) is 4.95. The maximum Gasteiger partial charge on any atom is 0.333 e. The summed E-state index contributed by atoms with van der Waals surface area (Å²) in [5.74, 6) is -0.437. The summed E-state index contributed by atoms with van der Waals surface area (Å²) < 4.78 is 6.69. The number of aromatic nitrogens is 2. The first-order valence-electron chi connectivity index (χ1n) is 7.03. The molecule has 1 heterocycles. The van der Waals surface area contributed by atoms with E-state index < -0.39 is 12.0 Å². The Labute approximate surface area is 139 Å². The van der Waals surface area contributed by atoms with Crippen LogP contribution in [0.15, 0.2) is 47.9 Å². The Bertz CT molecular complexity index is 672. The molecule has 23 heavy (non-hydrogen) atoms. The van der Waals surface area contributed by atoms with E-state index >= 15 is 0 Å². The molecule has 2 rings (SSSR count). The Hall–Kier alpha value is -2.28. The van der Waals surface area contributed by atoms with E-state index in [1.54, 1.807) is 25.4 Å². The quantitative estimate of drug-likeness (QED) is 0.597. The SMILES string of the molecule is COC(=O)[C@@H](c1ccccc1)N(C)C(=O)CSc1nccn1C. The lowest BCUT2D eigenvalue weighted by atomic mass is 10.1. The van der Waals surface area contributed by atoms with E-state index in [-0.39, 0.29) is 11.7 Å². The third-order valence-electron chi connectivity index (χ3n) is 3.42. The molecule has 0 saturated carbocycles. The van der Waals surface area contributed by atoms with Gasteiger partial charge in [0.05, 0.1) is 12.9 Å². The van der Waals surface area contributed by atoms with Crippen LogP contribution in [0, 0.1) is 0 Å². The number of likely N-dealkylation sites (N-methyl/N-ethyl adjacent to an activating group) is 1. The lowest BCUT2D eigenvalue weighted by Gasteiger charge is -2.26. The van der Waals surface area contributed by atoms with Gasteiger partial charge >= 0.3 is 5.97 Å². The molecule has 0 fully saturated rings. The van der Waals surface area contributed by atoms with Crippen molar-refractivity contribution >= 4 is 23.6 Å². The zero-order valence-corrected chi connectivity index (χ0v) is 14.1. The molecular weight excluding hydrogens is 314 g/mol. The molecule has 1 aromatic heterocycles. The van der Waals surface area contributed by atoms with Crippen molar-refractivity contribution in [3.63, 3.8) is 0 Å². The van der Waals surface area contributed by atoms with E-state index in [2.05, 4.69) is 4.98 Å². The van der Waals surface area contributed by atoms with Crippen LogP contribution in [0.3, 0.4) is 0 Å². The molecule has 1 aromatic carbocycles. The number of methoxy groups -OCH3 is 1. The highest BCUT2D eigenvalue weighted by Gasteiger charge is 2.29. The number of aryl methyl sites for hydroxylation is 1. The van der Waals surface area contributed by atoms with Crippen LogP contribution in [0.1, 0.15) is 11.6 Å². The van der Waals surface area contributed by atoms with Crippen LogP contribution in [0.4, 0.5) is 0 Å². The van der Waals surface area contributed by atoms with Gasteiger partial charge in [0.1, 0.15) is 0 Å². The largest absolute Gasteiger partial charge is 0.467 e. The zero-order chi connectivity index (χ0) is 16.8. The van der Waals surface area contributed by atoms with E-state index in [9.17, 15) is 9.59 Å². The molecule has 0 saturated heterocycles. The fourth-order valence-corrected chi connectivity index (χ4v) is 2.98. The molecule has 0 aliphatic rings. The Morgan fingerprint density at radius 3 is 2.61 bits per heavy atom. The third kappa shape index (κ3) is 4.13. The molecule has 1 atom stereocenters. The summed E-state index contributed by atoms with van der Waals surface area (Å²) in [5.41, 5.74) is 0.720. The first kappa shape index (κ1) is 17.1. The van der Waals surface area contributed by atoms with Crippen molar-refractivity contribution in [1.82, 2.24) is 14.5 Å². The van der Waals surface area contributed by atoms with Gasteiger partial charge in [-0.2, -0.15) is 0 Å². The second kappa shape index (κ2) is 7.82. The van der Waals surface area contributed by atoms with Crippen LogP contribution in [0.5, 0.6) is 0 Å². The van der Waals surface area contributed by atoms with Crippen molar-refractivity contribution in [2.45, 2.75) is 11.2 Å². The fourth-order valence-electron chi connectivity index (χ4n) is 2.13. The summed E-state index contributed by atoms with van der Waals surface area (Å²) in [6.45, 7) is 0. The lowest BCUT2D eigenvalue weighted by Crippen LogP contribution is -2.37. The number of nitrogens with zero attached hydrogens (tertiary/aromatic N) is 3. The average Bonchev–Trinajstić information content (AvgIpc) is 2.98. The number of hydrogen-bond acceptors (Lipinski definition) is 5. The number of rotatable bonds is 6. The fraction of sp³-hybridized carbons (Fsp3) is 0.312. The topological polar surface area (TPSA) is 64.4 Å². The van der Waals surface area contributed by atoms with Crippen LogP contribution in [0.2, 0.25) is 0 Å². The molecular formula is C16H19N3O3S. The number of imidazole rings is 1. The maximum absolute atomic E-state index is 12.4. The minimum atomic E-state index is -0.754. The van der Waals surface area contributed by atoms with Crippen molar-refractivity contribution in [1.29, 1.82) is 0 Å². The number of amides is 1. The number of benzene rings is 1. The van der Waals surface area contributed by atoms with Crippen molar-refractivity contribution in [3.05, 3.63) is 48.3 Å². The van der Waals surface area contributed by atoms with Gasteiger partial charge in [-0.15, -0.1) is 0 Å². The van der Waals surface area contributed by atoms with Crippen LogP contribution in [-0.2, 0) is 21.4 Å². The predicted molar refractivity (Wildman–Crippen MR) is 87.9 cm³/mol. The summed E-state index contributed by atoms with van der Waals surface area (Å²) in [4.78, 5) is 30.1. The van der Waals surface area contributed by atoms with Gasteiger partial charge in [0.2, 0.25) is 5.91 Å². The van der Waals surface area contributed by atoms with E-state index in [0.717, 1.165) is 10.7 Å². The van der Waals surface area contributed by atoms with Gasteiger partial charge in [0.25, 0.3) is 0 Å². The van der Waals surface area contributed by atoms with Gasteiger partial charge in [0, 0.05) is 26.5 Å². The van der Waals surface area contributed by atoms with E-state index in [0.29, 0.717) is 0 Å². The highest BCUT2D eigenvalue weighted by Crippen LogP contribution is 2.23. The Morgan fingerprint density at radius 2 is 2.04 bits per heavy atom. The predicted octanol–water partition coefficient (Wildman–Crippen LogP) is 1.88. The average molecular weight is 333 g/mol. The zero-order valence-electron chi connectivity index (χ0n) is 13.3. The number of esters is 1. The monoisotopic (exact) mass is 333 g/mol. The molecule has 2 aromatic rings. The highest BCUT2D eigenvalue weighted by molar-refractivity contribution is 7.99. The molecule has 7 heteroatoms. The molecule has 0 aliphatic carbocycles. The van der Waals surface area contributed by atoms with Crippen molar-refractivity contribution in [3.8, 4) is 0 Å². The molecule has 0 unspecified atom stereocenters. The van der Waals surface area contributed by atoms with E-state index in [1.165, 1.54) is 23.8 Å². The third-order valence-corrected chi connectivity index (χ3v) is 4.47. The molecule has 1 amide bonds. The molecule has 0 bridgehead atoms. The van der Waals surface area contributed by atoms with Crippen LogP contribution < -0.4 is 0 Å². The van der Waals surface area contributed by atoms with E-state index in [1.807, 2.05) is 36.0 Å². The number of carbonyl (C=O) groups is 2. The van der Waals surface area contributed by atoms with Crippen LogP contribution in [-0.4, -0.2) is 46.2 Å². The summed E-state index contributed by atoms with van der Waals surface area (Å²) in [6, 6.07) is 8.36. The lowest BCUT2D eigenvalue weighted by molar-refractivity contribution is -0.151. The first-order valence-corrected chi connectivity index (χ1v) is 8.01. The summed E-state index contributed by atoms with van der Waals surface area (Å²) >= 11 is 1.33. The number of thioether (sulfide) groups is 1. The summed E-state index contributed by atoms with van der Waals surface area (Å²) in [6.07, 6.45) is 3.50. The Kier molecular flexibility index (Phi) is 5.81. The Balaban J connectivity index is 2.10. The van der Waals surface area contributed by atoms with Gasteiger partial charge in [-0.3, -0.25) is 4.79 Å². The highest BCUT2D eigenvalue weighted by atomic mass is 32.2. The molecule has 122 valence electrons. The standard InChI is InChI=1S/C16H19N3O3S/c1-18-10-9-17-16(18)23-11-13(20)19(2)14(15(21)22-3)12-7-5-4-6-8-12/h4-10,14H,11H2,1-3H3/t14-/m1/s1. The summed E-state index contributed by atoms with van der Waals surface area (Å²) in [5, 5.41) is 0.751. The first-order chi connectivity index (χ1) is 11.0. The van der Waals surface area contributed by atoms with Gasteiger partial charge in [-0.05, 0) is 5.56 Å². The van der Waals surface area contributed by atoms with Gasteiger partial charge in [0.15, 0.2) is 11.2 Å². The van der Waals surface area contributed by atoms with Crippen molar-refractivity contribution in [2.24, 2.45) is 7.05 Å². The second-order valence-corrected chi connectivity index (χ2v) is 5.89. The van der Waals surface area contributed by atoms with Gasteiger partial charge < -0.3 is 14.2 Å². The normalized spacial score (nSPS) is 11.8. The number of ether oxygens (including phenoxy) is 1. The molecule has 0 radical (unpaired) electrons. The van der Waals surface area contributed by atoms with Crippen molar-refractivity contribution < 1.29 is 14.3 Å². The minimum absolute atomic E-state index is 0.169. The Morgan fingerprint density at radius 1 is 1.35 bits per heavy atom. The minimum Gasteiger partial charge on any atom is -0.467 e. The number of hydrogen-bond donors (Lipinski definition) is 0. The molecule has 0 N–H and O–H groups in total. The maximum atomic E-state index is 12.4. The van der Waals surface area contributed by atoms with Crippen molar-refractivity contribution in [2.75, 3.05) is 19.9 Å². The smallest absolute Gasteiger partial charge is 0.333 e.